The number of unbranched alkanes of at least 4 members (excludes halogenated alkanes) is 1. The first kappa shape index (κ1) is 17.2. The second kappa shape index (κ2) is 9.95. The molecule has 0 aliphatic rings. The molecule has 21 heavy (non-hydrogen) atoms. The molecule has 0 saturated carbocycles. The summed E-state index contributed by atoms with van der Waals surface area (Å²) >= 11 is 0. The highest BCUT2D eigenvalue weighted by Crippen LogP contribution is 2.13. The maximum Gasteiger partial charge on any atom is 0.143 e. The van der Waals surface area contributed by atoms with Gasteiger partial charge in [0.15, 0.2) is 0 Å². The summed E-state index contributed by atoms with van der Waals surface area (Å²) in [5.41, 5.74) is 1.15. The standard InChI is InChI=1S/C17H23NO3/c1-20-16-11-8-14(9-12-16)7-10-15(19)5-3-4-6-17(13-18)21-2/h8-9,11-12,17H,3-7,10H2,1-2H3. The summed E-state index contributed by atoms with van der Waals surface area (Å²) in [4.78, 5) is 11.8. The number of carbonyl (C=O) groups excluding carboxylic acids is 1. The zero-order valence-corrected chi connectivity index (χ0v) is 12.8. The summed E-state index contributed by atoms with van der Waals surface area (Å²) in [6.45, 7) is 0. The van der Waals surface area contributed by atoms with Crippen LogP contribution in [-0.2, 0) is 16.0 Å². The van der Waals surface area contributed by atoms with Gasteiger partial charge in [0.2, 0.25) is 0 Å². The van der Waals surface area contributed by atoms with Crippen LogP contribution < -0.4 is 4.74 Å². The lowest BCUT2D eigenvalue weighted by Crippen LogP contribution is -2.07. The minimum Gasteiger partial charge on any atom is -0.497 e. The molecule has 0 heterocycles. The number of nitrogens with zero attached hydrogens (tertiary/aromatic N) is 1. The van der Waals surface area contributed by atoms with E-state index in [0.29, 0.717) is 19.3 Å². The van der Waals surface area contributed by atoms with E-state index in [1.165, 1.54) is 7.11 Å². The Bertz CT molecular complexity index is 462. The first-order valence-electron chi connectivity index (χ1n) is 7.26. The molecule has 1 aromatic rings. The van der Waals surface area contributed by atoms with Crippen molar-refractivity contribution in [2.45, 2.75) is 44.6 Å². The van der Waals surface area contributed by atoms with Crippen molar-refractivity contribution in [2.75, 3.05) is 14.2 Å². The molecule has 1 atom stereocenters. The van der Waals surface area contributed by atoms with Crippen molar-refractivity contribution < 1.29 is 14.3 Å². The molecular formula is C17H23NO3. The van der Waals surface area contributed by atoms with Gasteiger partial charge in [0, 0.05) is 20.0 Å². The summed E-state index contributed by atoms with van der Waals surface area (Å²) in [6, 6.07) is 9.87. The second-order valence-electron chi connectivity index (χ2n) is 4.99. The Morgan fingerprint density at radius 3 is 2.48 bits per heavy atom. The van der Waals surface area contributed by atoms with Crippen molar-refractivity contribution in [2.24, 2.45) is 0 Å². The van der Waals surface area contributed by atoms with E-state index in [9.17, 15) is 4.79 Å². The Kier molecular flexibility index (Phi) is 8.15. The minimum absolute atomic E-state index is 0.275. The molecule has 1 unspecified atom stereocenters. The van der Waals surface area contributed by atoms with Gasteiger partial charge in [-0.05, 0) is 43.4 Å². The summed E-state index contributed by atoms with van der Waals surface area (Å²) in [5, 5.41) is 8.73. The summed E-state index contributed by atoms with van der Waals surface area (Å²) in [6.07, 6.45) is 3.93. The Hall–Kier alpha value is -1.86. The van der Waals surface area contributed by atoms with Crippen LogP contribution in [0.3, 0.4) is 0 Å². The van der Waals surface area contributed by atoms with Crippen molar-refractivity contribution >= 4 is 5.78 Å². The normalized spacial score (nSPS) is 11.7. The number of hydrogen-bond acceptors (Lipinski definition) is 4. The molecule has 0 bridgehead atoms. The third kappa shape index (κ3) is 6.92. The number of benzene rings is 1. The number of hydrogen-bond donors (Lipinski definition) is 0. The van der Waals surface area contributed by atoms with Gasteiger partial charge in [-0.2, -0.15) is 5.26 Å². The maximum atomic E-state index is 11.8. The SMILES string of the molecule is COc1ccc(CCC(=O)CCCCC(C#N)OC)cc1. The van der Waals surface area contributed by atoms with Gasteiger partial charge in [-0.1, -0.05) is 12.1 Å². The van der Waals surface area contributed by atoms with E-state index >= 15 is 0 Å². The number of carbonyl (C=O) groups is 1. The van der Waals surface area contributed by atoms with Crippen molar-refractivity contribution in [1.29, 1.82) is 5.26 Å². The van der Waals surface area contributed by atoms with Gasteiger partial charge in [-0.25, -0.2) is 0 Å². The second-order valence-corrected chi connectivity index (χ2v) is 4.99. The first-order chi connectivity index (χ1) is 10.2. The summed E-state index contributed by atoms with van der Waals surface area (Å²) in [7, 11) is 3.17. The smallest absolute Gasteiger partial charge is 0.143 e. The molecule has 0 fully saturated rings. The fraction of sp³-hybridized carbons (Fsp3) is 0.529. The molecule has 114 valence electrons. The fourth-order valence-electron chi connectivity index (χ4n) is 2.09. The highest BCUT2D eigenvalue weighted by molar-refractivity contribution is 5.78. The van der Waals surface area contributed by atoms with Crippen LogP contribution in [0.25, 0.3) is 0 Å². The Morgan fingerprint density at radius 1 is 1.19 bits per heavy atom. The number of aryl methyl sites for hydroxylation is 1. The highest BCUT2D eigenvalue weighted by Gasteiger charge is 2.07. The third-order valence-corrected chi connectivity index (χ3v) is 3.45. The van der Waals surface area contributed by atoms with Crippen molar-refractivity contribution in [3.05, 3.63) is 29.8 Å². The maximum absolute atomic E-state index is 11.8. The van der Waals surface area contributed by atoms with Gasteiger partial charge >= 0.3 is 0 Å². The van der Waals surface area contributed by atoms with Crippen LogP contribution in [-0.4, -0.2) is 26.1 Å². The van der Waals surface area contributed by atoms with E-state index < -0.39 is 0 Å². The van der Waals surface area contributed by atoms with E-state index in [1.54, 1.807) is 7.11 Å². The molecule has 4 nitrogen and oxygen atoms in total. The van der Waals surface area contributed by atoms with Crippen molar-refractivity contribution in [1.82, 2.24) is 0 Å². The number of Topliss-reactive ketones (excluding diaryl/α,β-unsaturated/α-hetero) is 1. The zero-order valence-electron chi connectivity index (χ0n) is 12.8. The van der Waals surface area contributed by atoms with E-state index in [1.807, 2.05) is 24.3 Å². The molecule has 0 aromatic heterocycles. The number of ether oxygens (including phenoxy) is 2. The molecular weight excluding hydrogens is 266 g/mol. The van der Waals surface area contributed by atoms with Crippen LogP contribution in [0.15, 0.2) is 24.3 Å². The molecule has 0 N–H and O–H groups in total. The minimum atomic E-state index is -0.348. The zero-order chi connectivity index (χ0) is 15.5. The molecule has 0 aliphatic heterocycles. The molecule has 0 aliphatic carbocycles. The van der Waals surface area contributed by atoms with Crippen LogP contribution in [0.4, 0.5) is 0 Å². The fourth-order valence-corrected chi connectivity index (χ4v) is 2.09. The molecule has 0 spiro atoms. The molecule has 1 rings (SSSR count). The Balaban J connectivity index is 2.17. The quantitative estimate of drug-likeness (QED) is 0.620. The average Bonchev–Trinajstić information content (AvgIpc) is 2.53. The lowest BCUT2D eigenvalue weighted by atomic mass is 10.0. The highest BCUT2D eigenvalue weighted by atomic mass is 16.5. The summed E-state index contributed by atoms with van der Waals surface area (Å²) in [5.74, 6) is 1.10. The van der Waals surface area contributed by atoms with Crippen LogP contribution >= 0.6 is 0 Å². The Labute approximate surface area is 126 Å². The topological polar surface area (TPSA) is 59.3 Å². The number of nitriles is 1. The first-order valence-corrected chi connectivity index (χ1v) is 7.26. The molecule has 0 radical (unpaired) electrons. The van der Waals surface area contributed by atoms with Gasteiger partial charge in [0.25, 0.3) is 0 Å². The van der Waals surface area contributed by atoms with Gasteiger partial charge in [-0.3, -0.25) is 4.79 Å². The third-order valence-electron chi connectivity index (χ3n) is 3.45. The van der Waals surface area contributed by atoms with Gasteiger partial charge in [-0.15, -0.1) is 0 Å². The predicted octanol–water partition coefficient (Wildman–Crippen LogP) is 3.30. The molecule has 4 heteroatoms. The van der Waals surface area contributed by atoms with Crippen LogP contribution in [0.1, 0.15) is 37.7 Å². The van der Waals surface area contributed by atoms with Crippen LogP contribution in [0.2, 0.25) is 0 Å². The molecule has 0 saturated heterocycles. The Morgan fingerprint density at radius 2 is 1.90 bits per heavy atom. The number of rotatable bonds is 10. The largest absolute Gasteiger partial charge is 0.497 e. The van der Waals surface area contributed by atoms with Crippen molar-refractivity contribution in [3.63, 3.8) is 0 Å². The summed E-state index contributed by atoms with van der Waals surface area (Å²) < 4.78 is 10.1. The van der Waals surface area contributed by atoms with E-state index in [-0.39, 0.29) is 11.9 Å². The van der Waals surface area contributed by atoms with Gasteiger partial charge in [0.05, 0.1) is 13.2 Å². The number of methoxy groups -OCH3 is 2. The average molecular weight is 289 g/mol. The lowest BCUT2D eigenvalue weighted by molar-refractivity contribution is -0.119. The van der Waals surface area contributed by atoms with Crippen LogP contribution in [0, 0.1) is 11.3 Å². The molecule has 0 amide bonds. The molecule has 1 aromatic carbocycles. The van der Waals surface area contributed by atoms with Crippen LogP contribution in [0.5, 0.6) is 5.75 Å². The van der Waals surface area contributed by atoms with E-state index in [2.05, 4.69) is 6.07 Å². The van der Waals surface area contributed by atoms with E-state index in [0.717, 1.165) is 30.6 Å². The van der Waals surface area contributed by atoms with Crippen molar-refractivity contribution in [3.8, 4) is 11.8 Å². The number of ketones is 1. The van der Waals surface area contributed by atoms with Gasteiger partial charge in [0.1, 0.15) is 17.6 Å². The monoisotopic (exact) mass is 289 g/mol. The predicted molar refractivity (Wildman–Crippen MR) is 81.2 cm³/mol. The lowest BCUT2D eigenvalue weighted by Gasteiger charge is -2.06. The van der Waals surface area contributed by atoms with E-state index in [4.69, 9.17) is 14.7 Å². The van der Waals surface area contributed by atoms with Gasteiger partial charge < -0.3 is 9.47 Å².